The number of carbonyl (C=O) groups excluding carboxylic acids is 1. The van der Waals surface area contributed by atoms with Crippen LogP contribution in [0.5, 0.6) is 0 Å². The Balaban J connectivity index is 2.36. The van der Waals surface area contributed by atoms with E-state index in [9.17, 15) is 4.79 Å². The minimum atomic E-state index is -0.0925. The number of piperidine rings is 1. The highest BCUT2D eigenvalue weighted by Gasteiger charge is 2.24. The molecule has 1 heterocycles. The highest BCUT2D eigenvalue weighted by molar-refractivity contribution is 5.85. The van der Waals surface area contributed by atoms with Crippen molar-refractivity contribution in [3.8, 4) is 0 Å². The van der Waals surface area contributed by atoms with Crippen molar-refractivity contribution in [3.63, 3.8) is 0 Å². The summed E-state index contributed by atoms with van der Waals surface area (Å²) in [7, 11) is 1.76. The maximum atomic E-state index is 11.3. The molecule has 4 heteroatoms. The lowest BCUT2D eigenvalue weighted by Crippen LogP contribution is -2.39. The molecule has 0 radical (unpaired) electrons. The van der Waals surface area contributed by atoms with Gasteiger partial charge in [0.15, 0.2) is 0 Å². The van der Waals surface area contributed by atoms with Crippen LogP contribution in [0.15, 0.2) is 4.99 Å². The molecule has 0 aromatic carbocycles. The minimum absolute atomic E-state index is 0.00505. The van der Waals surface area contributed by atoms with Crippen molar-refractivity contribution < 1.29 is 9.53 Å². The first-order valence-electron chi connectivity index (χ1n) is 4.64. The first kappa shape index (κ1) is 10.0. The lowest BCUT2D eigenvalue weighted by atomic mass is 9.99. The number of aliphatic imine (C=N–C) groups is 1. The van der Waals surface area contributed by atoms with Gasteiger partial charge in [-0.2, -0.15) is 0 Å². The van der Waals surface area contributed by atoms with Crippen LogP contribution in [0.25, 0.3) is 0 Å². The van der Waals surface area contributed by atoms with Gasteiger partial charge in [-0.05, 0) is 13.3 Å². The van der Waals surface area contributed by atoms with E-state index in [-0.39, 0.29) is 11.9 Å². The van der Waals surface area contributed by atoms with Gasteiger partial charge in [-0.25, -0.2) is 0 Å². The molecule has 0 bridgehead atoms. The zero-order valence-corrected chi connectivity index (χ0v) is 8.17. The van der Waals surface area contributed by atoms with E-state index < -0.39 is 0 Å². The number of esters is 1. The Kier molecular flexibility index (Phi) is 3.73. The van der Waals surface area contributed by atoms with Crippen LogP contribution in [0.4, 0.5) is 0 Å². The second-order valence-electron chi connectivity index (χ2n) is 3.04. The van der Waals surface area contributed by atoms with Gasteiger partial charge in [0, 0.05) is 20.0 Å². The molecule has 1 aliphatic heterocycles. The Morgan fingerprint density at radius 1 is 1.77 bits per heavy atom. The van der Waals surface area contributed by atoms with Gasteiger partial charge >= 0.3 is 5.97 Å². The molecule has 0 amide bonds. The Bertz CT molecular complexity index is 204. The molecule has 13 heavy (non-hydrogen) atoms. The predicted octanol–water partition coefficient (Wildman–Crippen LogP) is 0.577. The molecule has 74 valence electrons. The van der Waals surface area contributed by atoms with E-state index in [1.54, 1.807) is 7.05 Å². The van der Waals surface area contributed by atoms with Gasteiger partial charge < -0.3 is 10.1 Å². The number of hydrogen-bond acceptors (Lipinski definition) is 3. The van der Waals surface area contributed by atoms with E-state index in [2.05, 4.69) is 10.3 Å². The standard InChI is InChI=1S/C9H16N2O2/c1-3-13-9(12)7-4-5-8(10-2)11-6-7/h7H,3-6H2,1-2H3,(H,10,11). The fourth-order valence-corrected chi connectivity index (χ4v) is 1.39. The Labute approximate surface area is 78.4 Å². The van der Waals surface area contributed by atoms with Crippen molar-refractivity contribution in [2.75, 3.05) is 20.2 Å². The molecule has 4 nitrogen and oxygen atoms in total. The smallest absolute Gasteiger partial charge is 0.310 e. The molecule has 1 fully saturated rings. The van der Waals surface area contributed by atoms with Crippen LogP contribution in [-0.4, -0.2) is 32.0 Å². The monoisotopic (exact) mass is 184 g/mol. The summed E-state index contributed by atoms with van der Waals surface area (Å²) in [6, 6.07) is 0. The second-order valence-corrected chi connectivity index (χ2v) is 3.04. The van der Waals surface area contributed by atoms with E-state index in [1.807, 2.05) is 6.92 Å². The first-order chi connectivity index (χ1) is 6.27. The van der Waals surface area contributed by atoms with Crippen LogP contribution < -0.4 is 5.32 Å². The molecule has 1 aliphatic rings. The SMILES string of the molecule is CCOC(=O)C1CCC(=NC)NC1. The molecule has 1 unspecified atom stereocenters. The zero-order valence-electron chi connectivity index (χ0n) is 8.17. The molecule has 0 aliphatic carbocycles. The fourth-order valence-electron chi connectivity index (χ4n) is 1.39. The molecular weight excluding hydrogens is 168 g/mol. The molecule has 0 aromatic rings. The van der Waals surface area contributed by atoms with Crippen molar-refractivity contribution in [2.45, 2.75) is 19.8 Å². The van der Waals surface area contributed by atoms with Gasteiger partial charge in [0.25, 0.3) is 0 Å². The maximum absolute atomic E-state index is 11.3. The van der Waals surface area contributed by atoms with Crippen molar-refractivity contribution in [1.82, 2.24) is 5.32 Å². The summed E-state index contributed by atoms with van der Waals surface area (Å²) in [5.74, 6) is 0.899. The van der Waals surface area contributed by atoms with E-state index in [1.165, 1.54) is 0 Å². The maximum Gasteiger partial charge on any atom is 0.310 e. The third kappa shape index (κ3) is 2.72. The number of nitrogens with zero attached hydrogens (tertiary/aromatic N) is 1. The van der Waals surface area contributed by atoms with Crippen LogP contribution in [0.1, 0.15) is 19.8 Å². The van der Waals surface area contributed by atoms with Crippen molar-refractivity contribution in [2.24, 2.45) is 10.9 Å². The third-order valence-electron chi connectivity index (χ3n) is 2.17. The number of hydrogen-bond donors (Lipinski definition) is 1. The number of rotatable bonds is 2. The summed E-state index contributed by atoms with van der Waals surface area (Å²) in [6.45, 7) is 2.95. The summed E-state index contributed by atoms with van der Waals surface area (Å²) in [4.78, 5) is 15.3. The first-order valence-corrected chi connectivity index (χ1v) is 4.64. The molecule has 1 saturated heterocycles. The van der Waals surface area contributed by atoms with Gasteiger partial charge in [-0.15, -0.1) is 0 Å². The largest absolute Gasteiger partial charge is 0.466 e. The summed E-state index contributed by atoms with van der Waals surface area (Å²) >= 11 is 0. The van der Waals surface area contributed by atoms with Gasteiger partial charge in [0.2, 0.25) is 0 Å². The van der Waals surface area contributed by atoms with Crippen molar-refractivity contribution >= 4 is 11.8 Å². The Morgan fingerprint density at radius 3 is 3.00 bits per heavy atom. The molecule has 1 N–H and O–H groups in total. The normalized spacial score (nSPS) is 25.4. The van der Waals surface area contributed by atoms with Crippen LogP contribution in [0.3, 0.4) is 0 Å². The summed E-state index contributed by atoms with van der Waals surface area (Å²) in [5.41, 5.74) is 0. The number of carbonyl (C=O) groups is 1. The van der Waals surface area contributed by atoms with E-state index in [0.717, 1.165) is 18.7 Å². The Morgan fingerprint density at radius 2 is 2.54 bits per heavy atom. The summed E-state index contributed by atoms with van der Waals surface area (Å²) < 4.78 is 4.93. The van der Waals surface area contributed by atoms with Gasteiger partial charge in [0.05, 0.1) is 18.4 Å². The highest BCUT2D eigenvalue weighted by atomic mass is 16.5. The van der Waals surface area contributed by atoms with E-state index >= 15 is 0 Å². The average molecular weight is 184 g/mol. The van der Waals surface area contributed by atoms with Crippen LogP contribution in [0, 0.1) is 5.92 Å². The number of ether oxygens (including phenoxy) is 1. The molecule has 1 rings (SSSR count). The lowest BCUT2D eigenvalue weighted by molar-refractivity contribution is -0.148. The summed E-state index contributed by atoms with van der Waals surface area (Å²) in [6.07, 6.45) is 1.69. The van der Waals surface area contributed by atoms with Crippen LogP contribution in [0.2, 0.25) is 0 Å². The average Bonchev–Trinajstić information content (AvgIpc) is 2.18. The second kappa shape index (κ2) is 4.84. The quantitative estimate of drug-likeness (QED) is 0.638. The molecule has 1 atom stereocenters. The van der Waals surface area contributed by atoms with Crippen LogP contribution >= 0.6 is 0 Å². The van der Waals surface area contributed by atoms with Crippen LogP contribution in [-0.2, 0) is 9.53 Å². The third-order valence-corrected chi connectivity index (χ3v) is 2.17. The van der Waals surface area contributed by atoms with Crippen molar-refractivity contribution in [1.29, 1.82) is 0 Å². The highest BCUT2D eigenvalue weighted by Crippen LogP contribution is 2.12. The zero-order chi connectivity index (χ0) is 9.68. The lowest BCUT2D eigenvalue weighted by Gasteiger charge is -2.22. The van der Waals surface area contributed by atoms with E-state index in [4.69, 9.17) is 4.74 Å². The molecular formula is C9H16N2O2. The predicted molar refractivity (Wildman–Crippen MR) is 50.7 cm³/mol. The van der Waals surface area contributed by atoms with Crippen molar-refractivity contribution in [3.05, 3.63) is 0 Å². The summed E-state index contributed by atoms with van der Waals surface area (Å²) in [5, 5.41) is 3.11. The minimum Gasteiger partial charge on any atom is -0.466 e. The van der Waals surface area contributed by atoms with Gasteiger partial charge in [-0.1, -0.05) is 0 Å². The fraction of sp³-hybridized carbons (Fsp3) is 0.778. The number of amidine groups is 1. The number of nitrogens with one attached hydrogen (secondary N) is 1. The van der Waals surface area contributed by atoms with Gasteiger partial charge in [0.1, 0.15) is 0 Å². The molecule has 0 spiro atoms. The van der Waals surface area contributed by atoms with Gasteiger partial charge in [-0.3, -0.25) is 9.79 Å². The molecule has 0 aromatic heterocycles. The molecule has 0 saturated carbocycles. The van der Waals surface area contributed by atoms with E-state index in [0.29, 0.717) is 13.2 Å². The topological polar surface area (TPSA) is 50.7 Å². The Hall–Kier alpha value is -1.06.